The Balaban J connectivity index is 2.92. The summed E-state index contributed by atoms with van der Waals surface area (Å²) >= 11 is 1.09. The third kappa shape index (κ3) is 6.09. The van der Waals surface area contributed by atoms with E-state index >= 15 is 0 Å². The Morgan fingerprint density at radius 3 is 2.48 bits per heavy atom. The highest BCUT2D eigenvalue weighted by atomic mass is 32.2. The fourth-order valence-electron chi connectivity index (χ4n) is 1.68. The van der Waals surface area contributed by atoms with Crippen molar-refractivity contribution >= 4 is 29.5 Å². The molecule has 0 saturated carbocycles. The SMILES string of the molecule is COCCOC[C@@](C)(O)c1ncc(S(=N)(=O)N[Si](C)(C)C(C)(C)C)s1. The van der Waals surface area contributed by atoms with Crippen LogP contribution in [0.15, 0.2) is 10.4 Å². The molecule has 7 nitrogen and oxygen atoms in total. The third-order valence-electron chi connectivity index (χ3n) is 4.32. The molecule has 0 radical (unpaired) electrons. The first-order chi connectivity index (χ1) is 11.2. The van der Waals surface area contributed by atoms with Crippen LogP contribution in [-0.2, 0) is 25.0 Å². The molecular formula is C15H31N3O4S2Si. The van der Waals surface area contributed by atoms with Gasteiger partial charge in [-0.05, 0) is 12.0 Å². The normalized spacial score (nSPS) is 17.9. The number of thiazole rings is 1. The maximum Gasteiger partial charge on any atom is 0.140 e. The molecule has 0 amide bonds. The minimum absolute atomic E-state index is 0.0507. The standard InChI is InChI=1S/C15H31N3O4S2Si/c1-14(2,3)25(6,7)18-24(16,20)12-10-17-13(23-12)15(4,19)11-22-9-8-21-5/h10,19H,8-9,11H2,1-7H3,(H2,16,18,20)/t15-,24?/m1/s1. The van der Waals surface area contributed by atoms with Crippen LogP contribution in [0.5, 0.6) is 0 Å². The van der Waals surface area contributed by atoms with Gasteiger partial charge < -0.3 is 14.6 Å². The summed E-state index contributed by atoms with van der Waals surface area (Å²) in [6.45, 7) is 12.8. The average Bonchev–Trinajstić information content (AvgIpc) is 2.92. The van der Waals surface area contributed by atoms with E-state index in [4.69, 9.17) is 14.3 Å². The van der Waals surface area contributed by atoms with Gasteiger partial charge in [0.15, 0.2) is 0 Å². The average molecular weight is 410 g/mol. The van der Waals surface area contributed by atoms with E-state index < -0.39 is 23.8 Å². The molecule has 1 heterocycles. The zero-order valence-electron chi connectivity index (χ0n) is 16.1. The zero-order valence-corrected chi connectivity index (χ0v) is 18.8. The summed E-state index contributed by atoms with van der Waals surface area (Å²) in [7, 11) is -3.72. The molecule has 0 bridgehead atoms. The molecule has 0 aliphatic heterocycles. The summed E-state index contributed by atoms with van der Waals surface area (Å²) in [4.78, 5) is 4.18. The second-order valence-electron chi connectivity index (χ2n) is 7.84. The predicted molar refractivity (Wildman–Crippen MR) is 104 cm³/mol. The number of ether oxygens (including phenoxy) is 2. The molecule has 1 rings (SSSR count). The summed E-state index contributed by atoms with van der Waals surface area (Å²) in [5, 5.41) is 10.9. The van der Waals surface area contributed by atoms with Gasteiger partial charge in [-0.3, -0.25) is 0 Å². The molecule has 0 saturated heterocycles. The second kappa shape index (κ2) is 8.11. The molecule has 10 heteroatoms. The van der Waals surface area contributed by atoms with Gasteiger partial charge in [-0.1, -0.05) is 33.9 Å². The minimum Gasteiger partial charge on any atom is -0.382 e. The van der Waals surface area contributed by atoms with Crippen molar-refractivity contribution in [3.8, 4) is 0 Å². The van der Waals surface area contributed by atoms with Crippen LogP contribution in [0.2, 0.25) is 18.1 Å². The number of rotatable bonds is 9. The Labute approximate surface area is 156 Å². The Morgan fingerprint density at radius 2 is 1.96 bits per heavy atom. The Hall–Kier alpha value is -0.363. The van der Waals surface area contributed by atoms with Gasteiger partial charge in [0, 0.05) is 7.11 Å². The molecule has 1 aromatic heterocycles. The van der Waals surface area contributed by atoms with Crippen molar-refractivity contribution in [2.75, 3.05) is 26.9 Å². The monoisotopic (exact) mass is 409 g/mol. The van der Waals surface area contributed by atoms with Gasteiger partial charge in [-0.15, -0.1) is 11.3 Å². The maximum atomic E-state index is 12.9. The minimum atomic E-state index is -3.17. The number of aliphatic hydroxyl groups is 1. The van der Waals surface area contributed by atoms with E-state index in [-0.39, 0.29) is 11.6 Å². The van der Waals surface area contributed by atoms with Gasteiger partial charge in [0.1, 0.15) is 33.0 Å². The van der Waals surface area contributed by atoms with Crippen molar-refractivity contribution < 1.29 is 18.8 Å². The number of hydrogen-bond acceptors (Lipinski definition) is 7. The molecule has 0 aliphatic carbocycles. The van der Waals surface area contributed by atoms with E-state index in [1.165, 1.54) is 6.20 Å². The Bertz CT molecular complexity index is 667. The molecule has 146 valence electrons. The van der Waals surface area contributed by atoms with E-state index in [2.05, 4.69) is 43.2 Å². The number of aromatic nitrogens is 1. The van der Waals surface area contributed by atoms with Crippen LogP contribution in [0.3, 0.4) is 0 Å². The van der Waals surface area contributed by atoms with E-state index in [9.17, 15) is 9.32 Å². The van der Waals surface area contributed by atoms with Crippen LogP contribution >= 0.6 is 11.3 Å². The van der Waals surface area contributed by atoms with Crippen molar-refractivity contribution in [3.63, 3.8) is 0 Å². The first kappa shape index (κ1) is 22.7. The highest BCUT2D eigenvalue weighted by Crippen LogP contribution is 2.36. The highest BCUT2D eigenvalue weighted by molar-refractivity contribution is 7.94. The summed E-state index contributed by atoms with van der Waals surface area (Å²) in [5.74, 6) is 0. The van der Waals surface area contributed by atoms with Gasteiger partial charge >= 0.3 is 0 Å². The van der Waals surface area contributed by atoms with E-state index in [0.29, 0.717) is 22.4 Å². The molecule has 0 fully saturated rings. The largest absolute Gasteiger partial charge is 0.382 e. The molecule has 3 N–H and O–H groups in total. The first-order valence-corrected chi connectivity index (χ1v) is 13.4. The van der Waals surface area contributed by atoms with E-state index in [0.717, 1.165) is 11.3 Å². The van der Waals surface area contributed by atoms with Crippen LogP contribution in [0.4, 0.5) is 0 Å². The zero-order chi connectivity index (χ0) is 19.5. The van der Waals surface area contributed by atoms with Crippen molar-refractivity contribution in [3.05, 3.63) is 11.2 Å². The summed E-state index contributed by atoms with van der Waals surface area (Å²) < 4.78 is 34.9. The highest BCUT2D eigenvalue weighted by Gasteiger charge is 2.39. The van der Waals surface area contributed by atoms with Crippen LogP contribution < -0.4 is 4.39 Å². The lowest BCUT2D eigenvalue weighted by Gasteiger charge is -2.37. The lowest BCUT2D eigenvalue weighted by molar-refractivity contribution is -0.0479. The molecule has 0 aliphatic rings. The Kier molecular flexibility index (Phi) is 7.36. The third-order valence-corrected chi connectivity index (χ3v) is 13.9. The van der Waals surface area contributed by atoms with E-state index in [1.54, 1.807) is 14.0 Å². The smallest absolute Gasteiger partial charge is 0.140 e. The van der Waals surface area contributed by atoms with Gasteiger partial charge in [-0.2, -0.15) is 0 Å². The maximum absolute atomic E-state index is 12.9. The predicted octanol–water partition coefficient (Wildman–Crippen LogP) is 2.93. The molecule has 0 spiro atoms. The molecule has 2 atom stereocenters. The lowest BCUT2D eigenvalue weighted by Crippen LogP contribution is -2.53. The fourth-order valence-corrected chi connectivity index (χ4v) is 8.14. The van der Waals surface area contributed by atoms with Crippen LogP contribution in [0.1, 0.15) is 32.7 Å². The Morgan fingerprint density at radius 1 is 1.36 bits per heavy atom. The van der Waals surface area contributed by atoms with Crippen molar-refractivity contribution in [1.29, 1.82) is 4.78 Å². The van der Waals surface area contributed by atoms with Crippen LogP contribution in [0.25, 0.3) is 0 Å². The summed E-state index contributed by atoms with van der Waals surface area (Å²) in [6.07, 6.45) is 1.42. The van der Waals surface area contributed by atoms with Gasteiger partial charge in [0.05, 0.1) is 26.0 Å². The fraction of sp³-hybridized carbons (Fsp3) is 0.800. The molecule has 25 heavy (non-hydrogen) atoms. The van der Waals surface area contributed by atoms with Crippen LogP contribution in [0, 0.1) is 4.78 Å². The number of nitrogens with zero attached hydrogens (tertiary/aromatic N) is 1. The van der Waals surface area contributed by atoms with E-state index in [1.807, 2.05) is 0 Å². The number of methoxy groups -OCH3 is 1. The van der Waals surface area contributed by atoms with Gasteiger partial charge in [0.2, 0.25) is 0 Å². The van der Waals surface area contributed by atoms with Crippen molar-refractivity contribution in [2.45, 2.75) is 55.6 Å². The quantitative estimate of drug-likeness (QED) is 0.430. The molecule has 1 unspecified atom stereocenters. The molecular weight excluding hydrogens is 378 g/mol. The summed E-state index contributed by atoms with van der Waals surface area (Å²) in [6, 6.07) is 0. The molecule has 0 aromatic carbocycles. The molecule has 1 aromatic rings. The van der Waals surface area contributed by atoms with Crippen molar-refractivity contribution in [2.24, 2.45) is 0 Å². The van der Waals surface area contributed by atoms with Crippen LogP contribution in [-0.4, -0.2) is 49.5 Å². The number of nitrogens with one attached hydrogen (secondary N) is 2. The first-order valence-electron chi connectivity index (χ1n) is 8.06. The van der Waals surface area contributed by atoms with Gasteiger partial charge in [-0.25, -0.2) is 18.4 Å². The topological polar surface area (TPSA) is 105 Å². The number of hydrogen-bond donors (Lipinski definition) is 3. The lowest BCUT2D eigenvalue weighted by atomic mass is 10.1. The summed E-state index contributed by atoms with van der Waals surface area (Å²) in [5.41, 5.74) is -1.30. The van der Waals surface area contributed by atoms with Crippen molar-refractivity contribution in [1.82, 2.24) is 9.37 Å². The second-order valence-corrected chi connectivity index (χ2v) is 16.2. The van der Waals surface area contributed by atoms with Gasteiger partial charge in [0.25, 0.3) is 0 Å².